The van der Waals surface area contributed by atoms with Crippen LogP contribution < -0.4 is 0 Å². The van der Waals surface area contributed by atoms with E-state index in [1.807, 2.05) is 6.20 Å². The van der Waals surface area contributed by atoms with Crippen molar-refractivity contribution in [3.63, 3.8) is 0 Å². The first-order valence-corrected chi connectivity index (χ1v) is 7.63. The SMILES string of the molecule is CC(C)c1nccc(C2CCCN(CCCC#N)C2)n1. The fraction of sp³-hybridized carbons (Fsp3) is 0.688. The maximum absolute atomic E-state index is 8.62. The molecule has 0 spiro atoms. The molecular formula is C16H24N4. The normalized spacial score (nSPS) is 20.0. The monoisotopic (exact) mass is 272 g/mol. The van der Waals surface area contributed by atoms with Gasteiger partial charge in [0.1, 0.15) is 5.82 Å². The number of nitrogens with zero attached hydrogens (tertiary/aromatic N) is 4. The molecule has 1 aliphatic rings. The second kappa shape index (κ2) is 7.35. The van der Waals surface area contributed by atoms with Crippen LogP contribution in [0.2, 0.25) is 0 Å². The van der Waals surface area contributed by atoms with Gasteiger partial charge < -0.3 is 4.90 Å². The zero-order valence-electron chi connectivity index (χ0n) is 12.5. The van der Waals surface area contributed by atoms with Crippen LogP contribution in [0.15, 0.2) is 12.3 Å². The molecule has 108 valence electrons. The Morgan fingerprint density at radius 2 is 2.35 bits per heavy atom. The number of likely N-dealkylation sites (tertiary alicyclic amines) is 1. The summed E-state index contributed by atoms with van der Waals surface area (Å²) in [5, 5.41) is 8.62. The Bertz CT molecular complexity index is 464. The van der Waals surface area contributed by atoms with Crippen molar-refractivity contribution in [2.45, 2.75) is 51.4 Å². The first kappa shape index (κ1) is 14.9. The predicted molar refractivity (Wildman–Crippen MR) is 79.4 cm³/mol. The third-order valence-electron chi connectivity index (χ3n) is 3.90. The molecule has 2 heterocycles. The lowest BCUT2D eigenvalue weighted by Gasteiger charge is -2.32. The standard InChI is InChI=1S/C16H24N4/c1-13(2)16-18-9-7-15(19-16)14-6-5-11-20(12-14)10-4-3-8-17/h7,9,13-14H,3-6,10-12H2,1-2H3. The van der Waals surface area contributed by atoms with Crippen molar-refractivity contribution >= 4 is 0 Å². The maximum atomic E-state index is 8.62. The lowest BCUT2D eigenvalue weighted by atomic mass is 9.94. The molecule has 1 saturated heterocycles. The molecule has 1 aliphatic heterocycles. The molecule has 1 unspecified atom stereocenters. The summed E-state index contributed by atoms with van der Waals surface area (Å²) >= 11 is 0. The van der Waals surface area contributed by atoms with E-state index in [9.17, 15) is 0 Å². The molecule has 0 aromatic carbocycles. The Morgan fingerprint density at radius 3 is 3.10 bits per heavy atom. The summed E-state index contributed by atoms with van der Waals surface area (Å²) in [6.07, 6.45) is 5.96. The summed E-state index contributed by atoms with van der Waals surface area (Å²) < 4.78 is 0. The van der Waals surface area contributed by atoms with E-state index >= 15 is 0 Å². The van der Waals surface area contributed by atoms with Crippen LogP contribution in [0.3, 0.4) is 0 Å². The maximum Gasteiger partial charge on any atom is 0.131 e. The molecule has 0 saturated carbocycles. The third kappa shape index (κ3) is 4.01. The minimum atomic E-state index is 0.380. The van der Waals surface area contributed by atoms with Crippen LogP contribution >= 0.6 is 0 Å². The van der Waals surface area contributed by atoms with Gasteiger partial charge in [0, 0.05) is 36.7 Å². The van der Waals surface area contributed by atoms with E-state index in [1.54, 1.807) is 0 Å². The highest BCUT2D eigenvalue weighted by atomic mass is 15.1. The van der Waals surface area contributed by atoms with Crippen LogP contribution in [0, 0.1) is 11.3 Å². The van der Waals surface area contributed by atoms with E-state index in [1.165, 1.54) is 18.5 Å². The average Bonchev–Trinajstić information content (AvgIpc) is 2.48. The summed E-state index contributed by atoms with van der Waals surface area (Å²) in [6.45, 7) is 7.53. The molecule has 0 radical (unpaired) electrons. The van der Waals surface area contributed by atoms with Gasteiger partial charge in [-0.25, -0.2) is 9.97 Å². The lowest BCUT2D eigenvalue weighted by molar-refractivity contribution is 0.204. The summed E-state index contributed by atoms with van der Waals surface area (Å²) in [5.41, 5.74) is 1.19. The minimum Gasteiger partial charge on any atom is -0.303 e. The van der Waals surface area contributed by atoms with Crippen molar-refractivity contribution in [1.82, 2.24) is 14.9 Å². The van der Waals surface area contributed by atoms with E-state index in [2.05, 4.69) is 35.9 Å². The lowest BCUT2D eigenvalue weighted by Crippen LogP contribution is -2.35. The second-order valence-corrected chi connectivity index (χ2v) is 5.90. The van der Waals surface area contributed by atoms with Crippen molar-refractivity contribution in [3.8, 4) is 6.07 Å². The van der Waals surface area contributed by atoms with Gasteiger partial charge in [0.25, 0.3) is 0 Å². The molecule has 0 amide bonds. The van der Waals surface area contributed by atoms with E-state index in [0.29, 0.717) is 18.3 Å². The summed E-state index contributed by atoms with van der Waals surface area (Å²) in [7, 11) is 0. The van der Waals surface area contributed by atoms with Gasteiger partial charge in [-0.15, -0.1) is 0 Å². The summed E-state index contributed by atoms with van der Waals surface area (Å²) in [4.78, 5) is 11.6. The average molecular weight is 272 g/mol. The minimum absolute atomic E-state index is 0.380. The second-order valence-electron chi connectivity index (χ2n) is 5.90. The van der Waals surface area contributed by atoms with Gasteiger partial charge in [-0.1, -0.05) is 13.8 Å². The fourth-order valence-corrected chi connectivity index (χ4v) is 2.78. The molecule has 0 N–H and O–H groups in total. The van der Waals surface area contributed by atoms with Crippen LogP contribution in [0.5, 0.6) is 0 Å². The van der Waals surface area contributed by atoms with E-state index in [0.717, 1.165) is 31.9 Å². The van der Waals surface area contributed by atoms with E-state index in [-0.39, 0.29) is 0 Å². The number of hydrogen-bond donors (Lipinski definition) is 0. The van der Waals surface area contributed by atoms with Crippen molar-refractivity contribution in [1.29, 1.82) is 5.26 Å². The van der Waals surface area contributed by atoms with Crippen molar-refractivity contribution in [3.05, 3.63) is 23.8 Å². The Balaban J connectivity index is 1.98. The fourth-order valence-electron chi connectivity index (χ4n) is 2.78. The zero-order chi connectivity index (χ0) is 14.4. The molecule has 0 bridgehead atoms. The molecular weight excluding hydrogens is 248 g/mol. The first-order chi connectivity index (χ1) is 9.70. The molecule has 1 atom stereocenters. The number of unbranched alkanes of at least 4 members (excludes halogenated alkanes) is 1. The molecule has 4 nitrogen and oxygen atoms in total. The van der Waals surface area contributed by atoms with Crippen LogP contribution in [-0.4, -0.2) is 34.5 Å². The van der Waals surface area contributed by atoms with Crippen LogP contribution in [0.1, 0.15) is 62.9 Å². The molecule has 2 rings (SSSR count). The Morgan fingerprint density at radius 1 is 1.50 bits per heavy atom. The van der Waals surface area contributed by atoms with Crippen LogP contribution in [0.4, 0.5) is 0 Å². The van der Waals surface area contributed by atoms with Gasteiger partial charge in [0.05, 0.1) is 6.07 Å². The Labute approximate surface area is 121 Å². The third-order valence-corrected chi connectivity index (χ3v) is 3.90. The largest absolute Gasteiger partial charge is 0.303 e. The first-order valence-electron chi connectivity index (χ1n) is 7.63. The molecule has 1 fully saturated rings. The highest BCUT2D eigenvalue weighted by Gasteiger charge is 2.22. The molecule has 1 aromatic rings. The Hall–Kier alpha value is -1.47. The van der Waals surface area contributed by atoms with Gasteiger partial charge in [-0.05, 0) is 38.4 Å². The molecule has 4 heteroatoms. The van der Waals surface area contributed by atoms with Crippen molar-refractivity contribution in [2.24, 2.45) is 0 Å². The smallest absolute Gasteiger partial charge is 0.131 e. The van der Waals surface area contributed by atoms with E-state index in [4.69, 9.17) is 10.2 Å². The van der Waals surface area contributed by atoms with Crippen LogP contribution in [-0.2, 0) is 0 Å². The van der Waals surface area contributed by atoms with Gasteiger partial charge in [-0.2, -0.15) is 5.26 Å². The van der Waals surface area contributed by atoms with Crippen molar-refractivity contribution in [2.75, 3.05) is 19.6 Å². The highest BCUT2D eigenvalue weighted by Crippen LogP contribution is 2.26. The number of nitriles is 1. The quantitative estimate of drug-likeness (QED) is 0.773. The molecule has 0 aliphatic carbocycles. The van der Waals surface area contributed by atoms with Gasteiger partial charge >= 0.3 is 0 Å². The number of hydrogen-bond acceptors (Lipinski definition) is 4. The van der Waals surface area contributed by atoms with Crippen molar-refractivity contribution < 1.29 is 0 Å². The molecule has 1 aromatic heterocycles. The van der Waals surface area contributed by atoms with E-state index < -0.39 is 0 Å². The highest BCUT2D eigenvalue weighted by molar-refractivity contribution is 5.11. The molecule has 20 heavy (non-hydrogen) atoms. The van der Waals surface area contributed by atoms with Gasteiger partial charge in [0.15, 0.2) is 0 Å². The zero-order valence-corrected chi connectivity index (χ0v) is 12.5. The summed E-state index contributed by atoms with van der Waals surface area (Å²) in [6, 6.07) is 4.29. The predicted octanol–water partition coefficient (Wildman–Crippen LogP) is 3.08. The summed E-state index contributed by atoms with van der Waals surface area (Å²) in [5.74, 6) is 1.85. The topological polar surface area (TPSA) is 52.8 Å². The number of piperidine rings is 1. The number of aromatic nitrogens is 2. The van der Waals surface area contributed by atoms with Gasteiger partial charge in [0.2, 0.25) is 0 Å². The van der Waals surface area contributed by atoms with Crippen LogP contribution in [0.25, 0.3) is 0 Å². The Kier molecular flexibility index (Phi) is 5.49. The number of rotatable bonds is 5. The van der Waals surface area contributed by atoms with Gasteiger partial charge in [-0.3, -0.25) is 0 Å².